The van der Waals surface area contributed by atoms with Gasteiger partial charge in [-0.25, -0.2) is 9.37 Å². The number of hydrogen-bond acceptors (Lipinski definition) is 3. The summed E-state index contributed by atoms with van der Waals surface area (Å²) < 4.78 is 21.2. The van der Waals surface area contributed by atoms with Crippen molar-refractivity contribution < 1.29 is 13.9 Å². The summed E-state index contributed by atoms with van der Waals surface area (Å²) in [5.74, 6) is 0.634. The molecule has 0 aliphatic carbocycles. The highest BCUT2D eigenvalue weighted by molar-refractivity contribution is 6.05. The summed E-state index contributed by atoms with van der Waals surface area (Å²) in [5, 5.41) is 2.91. The summed E-state index contributed by atoms with van der Waals surface area (Å²) in [6.07, 6.45) is 3.89. The smallest absolute Gasteiger partial charge is 0.276 e. The Morgan fingerprint density at radius 3 is 2.82 bits per heavy atom. The molecule has 144 valence electrons. The number of amides is 1. The van der Waals surface area contributed by atoms with Gasteiger partial charge in [-0.3, -0.25) is 4.79 Å². The fourth-order valence-corrected chi connectivity index (χ4v) is 3.68. The van der Waals surface area contributed by atoms with Crippen LogP contribution in [0.2, 0.25) is 0 Å². The molecule has 2 heterocycles. The van der Waals surface area contributed by atoms with Crippen molar-refractivity contribution in [3.05, 3.63) is 65.7 Å². The zero-order chi connectivity index (χ0) is 19.5. The van der Waals surface area contributed by atoms with Crippen molar-refractivity contribution in [2.45, 2.75) is 32.2 Å². The Hall–Kier alpha value is -3.15. The number of carbonyl (C=O) groups is 1. The summed E-state index contributed by atoms with van der Waals surface area (Å²) >= 11 is 0. The predicted octanol–water partition coefficient (Wildman–Crippen LogP) is 4.68. The lowest BCUT2D eigenvalue weighted by Gasteiger charge is -2.10. The highest BCUT2D eigenvalue weighted by atomic mass is 19.1. The average Bonchev–Trinajstić information content (AvgIpc) is 2.89. The average molecular weight is 379 g/mol. The van der Waals surface area contributed by atoms with Crippen LogP contribution in [0.15, 0.2) is 48.5 Å². The number of hydrogen-bond donors (Lipinski definition) is 1. The number of rotatable bonds is 4. The van der Waals surface area contributed by atoms with E-state index >= 15 is 0 Å². The first kappa shape index (κ1) is 18.2. The van der Waals surface area contributed by atoms with Gasteiger partial charge < -0.3 is 14.6 Å². The summed E-state index contributed by atoms with van der Waals surface area (Å²) in [7, 11) is 1.57. The molecule has 4 rings (SSSR count). The first-order valence-corrected chi connectivity index (χ1v) is 9.47. The molecule has 0 bridgehead atoms. The van der Waals surface area contributed by atoms with Gasteiger partial charge in [-0.1, -0.05) is 30.7 Å². The van der Waals surface area contributed by atoms with Gasteiger partial charge in [-0.2, -0.15) is 0 Å². The van der Waals surface area contributed by atoms with Gasteiger partial charge in [-0.05, 0) is 43.5 Å². The second kappa shape index (κ2) is 7.84. The van der Waals surface area contributed by atoms with Crippen molar-refractivity contribution in [3.8, 4) is 17.1 Å². The van der Waals surface area contributed by atoms with Gasteiger partial charge in [0.15, 0.2) is 0 Å². The van der Waals surface area contributed by atoms with Gasteiger partial charge in [0.1, 0.15) is 23.1 Å². The molecule has 1 N–H and O–H groups in total. The van der Waals surface area contributed by atoms with Gasteiger partial charge in [0, 0.05) is 12.1 Å². The van der Waals surface area contributed by atoms with Crippen molar-refractivity contribution in [2.24, 2.45) is 0 Å². The third-order valence-electron chi connectivity index (χ3n) is 5.02. The number of anilines is 1. The monoisotopic (exact) mass is 379 g/mol. The number of nitrogens with zero attached hydrogens (tertiary/aromatic N) is 2. The Bertz CT molecular complexity index is 1010. The molecule has 0 saturated heterocycles. The molecule has 1 aliphatic heterocycles. The molecule has 28 heavy (non-hydrogen) atoms. The van der Waals surface area contributed by atoms with Crippen molar-refractivity contribution in [2.75, 3.05) is 12.4 Å². The van der Waals surface area contributed by atoms with E-state index in [2.05, 4.69) is 14.9 Å². The van der Waals surface area contributed by atoms with Crippen LogP contribution in [0.1, 0.15) is 35.4 Å². The summed E-state index contributed by atoms with van der Waals surface area (Å²) in [6, 6.07) is 13.6. The molecule has 0 spiro atoms. The summed E-state index contributed by atoms with van der Waals surface area (Å²) in [4.78, 5) is 17.7. The molecule has 6 heteroatoms. The first-order chi connectivity index (χ1) is 13.7. The second-order valence-corrected chi connectivity index (χ2v) is 6.86. The topological polar surface area (TPSA) is 56.1 Å². The number of imidazole rings is 1. The van der Waals surface area contributed by atoms with E-state index in [0.717, 1.165) is 37.9 Å². The molecule has 0 radical (unpaired) electrons. The molecule has 0 fully saturated rings. The molecule has 0 saturated carbocycles. The minimum atomic E-state index is -0.316. The largest absolute Gasteiger partial charge is 0.495 e. The Kier molecular flexibility index (Phi) is 5.10. The van der Waals surface area contributed by atoms with Crippen LogP contribution in [0.4, 0.5) is 10.1 Å². The lowest BCUT2D eigenvalue weighted by molar-refractivity contribution is 0.102. The van der Waals surface area contributed by atoms with E-state index in [1.807, 2.05) is 18.2 Å². The van der Waals surface area contributed by atoms with E-state index in [9.17, 15) is 9.18 Å². The van der Waals surface area contributed by atoms with Crippen LogP contribution in [0.3, 0.4) is 0 Å². The summed E-state index contributed by atoms with van der Waals surface area (Å²) in [5.41, 5.74) is 2.58. The van der Waals surface area contributed by atoms with Crippen LogP contribution in [0.5, 0.6) is 5.75 Å². The highest BCUT2D eigenvalue weighted by Crippen LogP contribution is 2.29. The number of fused-ring (bicyclic) bond motifs is 1. The number of methoxy groups -OCH3 is 1. The lowest BCUT2D eigenvalue weighted by Crippen LogP contribution is -2.16. The maximum Gasteiger partial charge on any atom is 0.276 e. The number of aromatic nitrogens is 2. The molecule has 1 aliphatic rings. The van der Waals surface area contributed by atoms with Crippen LogP contribution in [-0.2, 0) is 13.0 Å². The van der Waals surface area contributed by atoms with Gasteiger partial charge in [0.05, 0.1) is 18.5 Å². The van der Waals surface area contributed by atoms with Crippen LogP contribution >= 0.6 is 0 Å². The highest BCUT2D eigenvalue weighted by Gasteiger charge is 2.25. The molecule has 3 aromatic rings. The minimum absolute atomic E-state index is 0.280. The normalized spacial score (nSPS) is 13.5. The Labute approximate surface area is 163 Å². The van der Waals surface area contributed by atoms with Crippen molar-refractivity contribution >= 4 is 11.6 Å². The lowest BCUT2D eigenvalue weighted by atomic mass is 10.1. The van der Waals surface area contributed by atoms with E-state index in [-0.39, 0.29) is 11.7 Å². The van der Waals surface area contributed by atoms with E-state index in [0.29, 0.717) is 28.5 Å². The van der Waals surface area contributed by atoms with E-state index in [1.54, 1.807) is 25.3 Å². The van der Waals surface area contributed by atoms with Crippen LogP contribution in [-0.4, -0.2) is 22.6 Å². The zero-order valence-electron chi connectivity index (χ0n) is 15.7. The Morgan fingerprint density at radius 1 is 1.14 bits per heavy atom. The molecular weight excluding hydrogens is 357 g/mol. The van der Waals surface area contributed by atoms with Gasteiger partial charge >= 0.3 is 0 Å². The minimum Gasteiger partial charge on any atom is -0.495 e. The van der Waals surface area contributed by atoms with Crippen molar-refractivity contribution in [1.82, 2.24) is 9.55 Å². The number of halogens is 1. The maximum atomic E-state index is 13.8. The molecular formula is C22H22FN3O2. The molecule has 0 unspecified atom stereocenters. The number of carbonyl (C=O) groups excluding carboxylic acids is 1. The quantitative estimate of drug-likeness (QED) is 0.716. The van der Waals surface area contributed by atoms with Crippen LogP contribution < -0.4 is 10.1 Å². The second-order valence-electron chi connectivity index (χ2n) is 6.86. The SMILES string of the molecule is COc1ccccc1NC(=O)c1nc(-c2cccc(F)c2)n2c1CCCCC2. The van der Waals surface area contributed by atoms with Crippen LogP contribution in [0, 0.1) is 5.82 Å². The Balaban J connectivity index is 1.75. The van der Waals surface area contributed by atoms with Gasteiger partial charge in [0.25, 0.3) is 5.91 Å². The van der Waals surface area contributed by atoms with E-state index in [1.165, 1.54) is 12.1 Å². The molecule has 0 atom stereocenters. The maximum absolute atomic E-state index is 13.8. The van der Waals surface area contributed by atoms with Gasteiger partial charge in [-0.15, -0.1) is 0 Å². The van der Waals surface area contributed by atoms with Crippen molar-refractivity contribution in [3.63, 3.8) is 0 Å². The Morgan fingerprint density at radius 2 is 2.00 bits per heavy atom. The molecule has 1 amide bonds. The van der Waals surface area contributed by atoms with Crippen LogP contribution in [0.25, 0.3) is 11.4 Å². The predicted molar refractivity (Wildman–Crippen MR) is 106 cm³/mol. The number of ether oxygens (including phenoxy) is 1. The zero-order valence-corrected chi connectivity index (χ0v) is 15.7. The van der Waals surface area contributed by atoms with Gasteiger partial charge in [0.2, 0.25) is 0 Å². The van der Waals surface area contributed by atoms with E-state index in [4.69, 9.17) is 4.74 Å². The summed E-state index contributed by atoms with van der Waals surface area (Å²) in [6.45, 7) is 0.774. The van der Waals surface area contributed by atoms with Crippen molar-refractivity contribution in [1.29, 1.82) is 0 Å². The third kappa shape index (κ3) is 3.50. The molecule has 1 aromatic heterocycles. The fourth-order valence-electron chi connectivity index (χ4n) is 3.68. The third-order valence-corrected chi connectivity index (χ3v) is 5.02. The first-order valence-electron chi connectivity index (χ1n) is 9.47. The van der Waals surface area contributed by atoms with E-state index < -0.39 is 0 Å². The molecule has 5 nitrogen and oxygen atoms in total. The number of benzene rings is 2. The number of nitrogens with one attached hydrogen (secondary N) is 1. The fraction of sp³-hybridized carbons (Fsp3) is 0.273. The number of para-hydroxylation sites is 2. The standard InChI is InChI=1S/C22H22FN3O2/c1-28-19-12-5-4-10-17(19)24-22(27)20-18-11-3-2-6-13-26(18)21(25-20)15-8-7-9-16(23)14-15/h4-5,7-10,12,14H,2-3,6,11,13H2,1H3,(H,24,27). The molecule has 2 aromatic carbocycles.